The summed E-state index contributed by atoms with van der Waals surface area (Å²) in [7, 11) is 0. The van der Waals surface area contributed by atoms with Gasteiger partial charge in [-0.25, -0.2) is 18.0 Å². The number of anilines is 1. The monoisotopic (exact) mass is 485 g/mol. The van der Waals surface area contributed by atoms with E-state index in [1.165, 1.54) is 31.3 Å². The number of carboxylic acid groups (broad SMARTS) is 1. The van der Waals surface area contributed by atoms with Gasteiger partial charge < -0.3 is 15.3 Å². The second kappa shape index (κ2) is 9.93. The topological polar surface area (TPSA) is 82.5 Å². The summed E-state index contributed by atoms with van der Waals surface area (Å²) >= 11 is 0. The van der Waals surface area contributed by atoms with Crippen LogP contribution < -0.4 is 5.32 Å². The SMILES string of the molecule is CC(=O)N1CCC(c2cc3c(N[C@H](C)c4cccc(C(F)F)c4F)ccnc3cc2C(=O)O)CC1. The Hall–Kier alpha value is -3.62. The lowest BCUT2D eigenvalue weighted by Crippen LogP contribution is -2.36. The third kappa shape index (κ3) is 4.94. The van der Waals surface area contributed by atoms with Crippen molar-refractivity contribution in [2.75, 3.05) is 18.4 Å². The summed E-state index contributed by atoms with van der Waals surface area (Å²) in [5.41, 5.74) is 1.30. The van der Waals surface area contributed by atoms with E-state index in [1.54, 1.807) is 24.0 Å². The van der Waals surface area contributed by atoms with Crippen molar-refractivity contribution in [1.29, 1.82) is 0 Å². The van der Waals surface area contributed by atoms with Crippen molar-refractivity contribution in [3.63, 3.8) is 0 Å². The van der Waals surface area contributed by atoms with Crippen LogP contribution in [0, 0.1) is 5.82 Å². The lowest BCUT2D eigenvalue weighted by Gasteiger charge is -2.32. The van der Waals surface area contributed by atoms with Crippen LogP contribution in [0.4, 0.5) is 18.9 Å². The molecule has 184 valence electrons. The summed E-state index contributed by atoms with van der Waals surface area (Å²) < 4.78 is 41.0. The molecule has 1 atom stereocenters. The van der Waals surface area contributed by atoms with Gasteiger partial charge in [-0.05, 0) is 49.4 Å². The van der Waals surface area contributed by atoms with E-state index in [2.05, 4.69) is 10.3 Å². The van der Waals surface area contributed by atoms with Gasteiger partial charge in [0.15, 0.2) is 0 Å². The molecule has 1 saturated heterocycles. The predicted octanol–water partition coefficient (Wildman–Crippen LogP) is 5.91. The van der Waals surface area contributed by atoms with E-state index in [1.807, 2.05) is 0 Å². The van der Waals surface area contributed by atoms with Gasteiger partial charge >= 0.3 is 5.97 Å². The highest BCUT2D eigenvalue weighted by atomic mass is 19.3. The third-order valence-corrected chi connectivity index (χ3v) is 6.66. The van der Waals surface area contributed by atoms with Gasteiger partial charge in [0.2, 0.25) is 5.91 Å². The number of hydrogen-bond acceptors (Lipinski definition) is 4. The number of fused-ring (bicyclic) bond motifs is 1. The summed E-state index contributed by atoms with van der Waals surface area (Å²) in [4.78, 5) is 29.8. The largest absolute Gasteiger partial charge is 0.478 e. The van der Waals surface area contributed by atoms with Gasteiger partial charge in [-0.3, -0.25) is 9.78 Å². The van der Waals surface area contributed by atoms with Crippen molar-refractivity contribution in [3.05, 3.63) is 70.7 Å². The molecule has 2 aromatic carbocycles. The Morgan fingerprint density at radius 3 is 2.46 bits per heavy atom. The minimum atomic E-state index is -2.92. The van der Waals surface area contributed by atoms with E-state index in [4.69, 9.17) is 0 Å². The molecular formula is C26H26F3N3O3. The highest BCUT2D eigenvalue weighted by molar-refractivity contribution is 5.99. The van der Waals surface area contributed by atoms with Crippen LogP contribution in [-0.2, 0) is 4.79 Å². The van der Waals surface area contributed by atoms with Gasteiger partial charge in [0.05, 0.1) is 22.7 Å². The number of aromatic nitrogens is 1. The first-order chi connectivity index (χ1) is 16.7. The second-order valence-electron chi connectivity index (χ2n) is 8.82. The van der Waals surface area contributed by atoms with E-state index in [0.29, 0.717) is 48.1 Å². The van der Waals surface area contributed by atoms with Crippen LogP contribution in [0.25, 0.3) is 10.9 Å². The maximum atomic E-state index is 14.7. The number of piperidine rings is 1. The summed E-state index contributed by atoms with van der Waals surface area (Å²) in [5.74, 6) is -2.07. The zero-order valence-electron chi connectivity index (χ0n) is 19.4. The molecule has 2 heterocycles. The van der Waals surface area contributed by atoms with Gasteiger partial charge in [-0.1, -0.05) is 18.2 Å². The molecule has 0 radical (unpaired) electrons. The quantitative estimate of drug-likeness (QED) is 0.454. The van der Waals surface area contributed by atoms with E-state index in [9.17, 15) is 27.9 Å². The van der Waals surface area contributed by atoms with Crippen molar-refractivity contribution in [2.24, 2.45) is 0 Å². The maximum absolute atomic E-state index is 14.7. The van der Waals surface area contributed by atoms with Crippen LogP contribution in [0.15, 0.2) is 42.6 Å². The number of pyridine rings is 1. The molecule has 0 spiro atoms. The van der Waals surface area contributed by atoms with Crippen LogP contribution in [0.3, 0.4) is 0 Å². The Morgan fingerprint density at radius 2 is 1.83 bits per heavy atom. The summed E-state index contributed by atoms with van der Waals surface area (Å²) in [6, 6.07) is 8.29. The number of hydrogen-bond donors (Lipinski definition) is 2. The molecule has 1 amide bonds. The van der Waals surface area contributed by atoms with Crippen molar-refractivity contribution in [3.8, 4) is 0 Å². The Bertz CT molecular complexity index is 1270. The Labute approximate surface area is 200 Å². The number of nitrogens with zero attached hydrogens (tertiary/aromatic N) is 2. The zero-order chi connectivity index (χ0) is 25.3. The van der Waals surface area contributed by atoms with Crippen LogP contribution in [0.5, 0.6) is 0 Å². The zero-order valence-corrected chi connectivity index (χ0v) is 19.4. The number of carbonyl (C=O) groups is 2. The average molecular weight is 486 g/mol. The predicted molar refractivity (Wildman–Crippen MR) is 126 cm³/mol. The number of nitrogens with one attached hydrogen (secondary N) is 1. The molecule has 1 aromatic heterocycles. The summed E-state index contributed by atoms with van der Waals surface area (Å²) in [6.45, 7) is 4.28. The number of alkyl halides is 2. The lowest BCUT2D eigenvalue weighted by atomic mass is 9.85. The number of amides is 1. The highest BCUT2D eigenvalue weighted by Crippen LogP contribution is 2.36. The normalized spacial score (nSPS) is 15.4. The smallest absolute Gasteiger partial charge is 0.336 e. The third-order valence-electron chi connectivity index (χ3n) is 6.66. The fraction of sp³-hybridized carbons (Fsp3) is 0.346. The van der Waals surface area contributed by atoms with Crippen molar-refractivity contribution >= 4 is 28.5 Å². The molecule has 6 nitrogen and oxygen atoms in total. The van der Waals surface area contributed by atoms with Gasteiger partial charge in [0.25, 0.3) is 6.43 Å². The van der Waals surface area contributed by atoms with E-state index < -0.39 is 29.8 Å². The molecule has 2 N–H and O–H groups in total. The number of carboxylic acids is 1. The first-order valence-electron chi connectivity index (χ1n) is 11.4. The molecule has 1 fully saturated rings. The minimum absolute atomic E-state index is 0.00626. The van der Waals surface area contributed by atoms with Crippen LogP contribution >= 0.6 is 0 Å². The van der Waals surface area contributed by atoms with Gasteiger partial charge in [0.1, 0.15) is 5.82 Å². The van der Waals surface area contributed by atoms with E-state index in [0.717, 1.165) is 6.07 Å². The molecular weight excluding hydrogens is 459 g/mol. The molecule has 3 aromatic rings. The van der Waals surface area contributed by atoms with Gasteiger partial charge in [0, 0.05) is 42.8 Å². The number of aromatic carboxylic acids is 1. The highest BCUT2D eigenvalue weighted by Gasteiger charge is 2.27. The average Bonchev–Trinajstić information content (AvgIpc) is 2.83. The molecule has 0 saturated carbocycles. The molecule has 0 unspecified atom stereocenters. The van der Waals surface area contributed by atoms with Crippen LogP contribution in [-0.4, -0.2) is 40.0 Å². The second-order valence-corrected chi connectivity index (χ2v) is 8.82. The van der Waals surface area contributed by atoms with Crippen LogP contribution in [0.1, 0.15) is 72.1 Å². The summed E-state index contributed by atoms with van der Waals surface area (Å²) in [5, 5.41) is 13.7. The van der Waals surface area contributed by atoms with E-state index in [-0.39, 0.29) is 23.0 Å². The number of halogens is 3. The molecule has 0 aliphatic carbocycles. The molecule has 1 aliphatic rings. The Morgan fingerprint density at radius 1 is 1.14 bits per heavy atom. The standard InChI is InChI=1S/C26H26F3N3O3/c1-14(17-4-3-5-18(24(17)27)25(28)29)31-22-6-9-30-23-13-20(26(34)35)19(12-21(22)23)16-7-10-32(11-8-16)15(2)33/h3-6,9,12-14,16,25H,7-8,10-11H2,1-2H3,(H,30,31)(H,34,35)/t14-/m1/s1. The summed E-state index contributed by atoms with van der Waals surface area (Å²) in [6.07, 6.45) is -0.136. The maximum Gasteiger partial charge on any atom is 0.336 e. The Balaban J connectivity index is 1.71. The fourth-order valence-corrected chi connectivity index (χ4v) is 4.75. The van der Waals surface area contributed by atoms with Crippen molar-refractivity contribution in [2.45, 2.75) is 45.1 Å². The molecule has 35 heavy (non-hydrogen) atoms. The van der Waals surface area contributed by atoms with Crippen molar-refractivity contribution < 1.29 is 27.9 Å². The number of likely N-dealkylation sites (tertiary alicyclic amines) is 1. The number of rotatable bonds is 6. The minimum Gasteiger partial charge on any atom is -0.478 e. The van der Waals surface area contributed by atoms with E-state index >= 15 is 0 Å². The van der Waals surface area contributed by atoms with Gasteiger partial charge in [-0.15, -0.1) is 0 Å². The van der Waals surface area contributed by atoms with Crippen molar-refractivity contribution in [1.82, 2.24) is 9.88 Å². The molecule has 0 bridgehead atoms. The number of carbonyl (C=O) groups excluding carboxylic acids is 1. The molecule has 1 aliphatic heterocycles. The first-order valence-corrected chi connectivity index (χ1v) is 11.4. The van der Waals surface area contributed by atoms with Crippen LogP contribution in [0.2, 0.25) is 0 Å². The molecule has 9 heteroatoms. The van der Waals surface area contributed by atoms with Gasteiger partial charge in [-0.2, -0.15) is 0 Å². The number of benzene rings is 2. The lowest BCUT2D eigenvalue weighted by molar-refractivity contribution is -0.129. The fourth-order valence-electron chi connectivity index (χ4n) is 4.75. The first kappa shape index (κ1) is 24.5. The Kier molecular flexibility index (Phi) is 6.95. The molecule has 4 rings (SSSR count).